The van der Waals surface area contributed by atoms with Gasteiger partial charge in [-0.25, -0.2) is 9.48 Å². The van der Waals surface area contributed by atoms with E-state index in [1.54, 1.807) is 18.7 Å². The Hall–Kier alpha value is -0.830. The van der Waals surface area contributed by atoms with Gasteiger partial charge in [0.25, 0.3) is 0 Å². The maximum Gasteiger partial charge on any atom is 0.410 e. The molecule has 0 fully saturated rings. The number of aliphatic hydroxyl groups excluding tert-OH is 1. The highest BCUT2D eigenvalue weighted by Crippen LogP contribution is 2.14. The number of amides is 1. The summed E-state index contributed by atoms with van der Waals surface area (Å²) in [6, 6.07) is 1.90. The van der Waals surface area contributed by atoms with Crippen LogP contribution in [0.2, 0.25) is 0 Å². The fraction of sp³-hybridized carbons (Fsp3) is 0.692. The van der Waals surface area contributed by atoms with Gasteiger partial charge in [-0.05, 0) is 56.4 Å². The molecule has 0 saturated carbocycles. The standard InChI is InChI=1S/C13H22IN3O3/c1-9(18)17-10(8-11(14)15-17)6-7-16(5)12(19)20-13(2,3)4/h8-9,18H,6-7H2,1-5H3. The monoisotopic (exact) mass is 395 g/mol. The predicted octanol–water partition coefficient (Wildman–Crippen LogP) is 2.41. The molecule has 1 atom stereocenters. The number of rotatable bonds is 4. The molecule has 0 aliphatic rings. The van der Waals surface area contributed by atoms with Gasteiger partial charge in [0, 0.05) is 25.7 Å². The minimum atomic E-state index is -0.680. The van der Waals surface area contributed by atoms with Gasteiger partial charge < -0.3 is 14.7 Å². The van der Waals surface area contributed by atoms with Crippen molar-refractivity contribution < 1.29 is 14.6 Å². The molecule has 20 heavy (non-hydrogen) atoms. The molecule has 0 spiro atoms. The summed E-state index contributed by atoms with van der Waals surface area (Å²) >= 11 is 2.10. The van der Waals surface area contributed by atoms with Crippen molar-refractivity contribution in [3.63, 3.8) is 0 Å². The minimum Gasteiger partial charge on any atom is -0.444 e. The summed E-state index contributed by atoms with van der Waals surface area (Å²) in [5.74, 6) is 0. The first-order valence-electron chi connectivity index (χ1n) is 6.46. The maximum atomic E-state index is 11.8. The highest BCUT2D eigenvalue weighted by molar-refractivity contribution is 14.1. The van der Waals surface area contributed by atoms with Crippen molar-refractivity contribution in [3.8, 4) is 0 Å². The number of hydrogen-bond acceptors (Lipinski definition) is 4. The van der Waals surface area contributed by atoms with Gasteiger partial charge >= 0.3 is 6.09 Å². The van der Waals surface area contributed by atoms with Crippen molar-refractivity contribution in [2.45, 2.75) is 45.9 Å². The fourth-order valence-electron chi connectivity index (χ4n) is 1.62. The van der Waals surface area contributed by atoms with Gasteiger partial charge in [-0.2, -0.15) is 5.10 Å². The number of aliphatic hydroxyl groups is 1. The highest BCUT2D eigenvalue weighted by atomic mass is 127. The van der Waals surface area contributed by atoms with Crippen LogP contribution in [-0.4, -0.2) is 45.1 Å². The molecule has 1 rings (SSSR count). The molecule has 0 saturated heterocycles. The molecule has 0 radical (unpaired) electrons. The second-order valence-electron chi connectivity index (χ2n) is 5.69. The van der Waals surface area contributed by atoms with Crippen LogP contribution in [0.5, 0.6) is 0 Å². The topological polar surface area (TPSA) is 67.6 Å². The average Bonchev–Trinajstić information content (AvgIpc) is 2.65. The van der Waals surface area contributed by atoms with E-state index in [-0.39, 0.29) is 6.09 Å². The molecular formula is C13H22IN3O3. The first kappa shape index (κ1) is 17.2. The summed E-state index contributed by atoms with van der Waals surface area (Å²) in [7, 11) is 1.70. The molecule has 1 aromatic heterocycles. The van der Waals surface area contributed by atoms with Crippen LogP contribution in [0.3, 0.4) is 0 Å². The number of ether oxygens (including phenoxy) is 1. The second kappa shape index (κ2) is 6.75. The van der Waals surface area contributed by atoms with Crippen molar-refractivity contribution in [3.05, 3.63) is 15.5 Å². The molecule has 1 N–H and O–H groups in total. The molecule has 7 heteroatoms. The summed E-state index contributed by atoms with van der Waals surface area (Å²) in [4.78, 5) is 13.4. The van der Waals surface area contributed by atoms with Gasteiger partial charge in [0.2, 0.25) is 0 Å². The van der Waals surface area contributed by atoms with E-state index in [4.69, 9.17) is 4.74 Å². The van der Waals surface area contributed by atoms with Crippen LogP contribution in [0.4, 0.5) is 4.79 Å². The molecule has 0 aliphatic carbocycles. The van der Waals surface area contributed by atoms with E-state index in [1.807, 2.05) is 26.8 Å². The molecule has 1 heterocycles. The van der Waals surface area contributed by atoms with Crippen molar-refractivity contribution in [1.29, 1.82) is 0 Å². The van der Waals surface area contributed by atoms with Crippen LogP contribution < -0.4 is 0 Å². The number of aromatic nitrogens is 2. The first-order valence-corrected chi connectivity index (χ1v) is 7.54. The summed E-state index contributed by atoms with van der Waals surface area (Å²) in [5.41, 5.74) is 0.391. The predicted molar refractivity (Wildman–Crippen MR) is 84.4 cm³/mol. The zero-order chi connectivity index (χ0) is 15.5. The number of halogens is 1. The number of nitrogens with zero attached hydrogens (tertiary/aromatic N) is 3. The summed E-state index contributed by atoms with van der Waals surface area (Å²) < 4.78 is 7.66. The van der Waals surface area contributed by atoms with Gasteiger partial charge in [-0.3, -0.25) is 0 Å². The molecule has 0 bridgehead atoms. The van der Waals surface area contributed by atoms with E-state index in [0.29, 0.717) is 13.0 Å². The van der Waals surface area contributed by atoms with E-state index >= 15 is 0 Å². The number of carbonyl (C=O) groups is 1. The third-order valence-corrected chi connectivity index (χ3v) is 3.07. The Bertz CT molecular complexity index is 466. The maximum absolute atomic E-state index is 11.8. The summed E-state index contributed by atoms with van der Waals surface area (Å²) in [6.07, 6.45) is -0.424. The smallest absolute Gasteiger partial charge is 0.410 e. The first-order chi connectivity index (χ1) is 9.10. The van der Waals surface area contributed by atoms with Gasteiger partial charge in [0.05, 0.1) is 0 Å². The van der Waals surface area contributed by atoms with Crippen molar-refractivity contribution in [2.75, 3.05) is 13.6 Å². The van der Waals surface area contributed by atoms with Crippen LogP contribution in [0, 0.1) is 3.70 Å². The molecule has 1 aromatic rings. The minimum absolute atomic E-state index is 0.352. The zero-order valence-electron chi connectivity index (χ0n) is 12.6. The summed E-state index contributed by atoms with van der Waals surface area (Å²) in [5, 5.41) is 13.8. The highest BCUT2D eigenvalue weighted by Gasteiger charge is 2.20. The molecule has 0 aliphatic heterocycles. The number of likely N-dealkylation sites (N-methyl/N-ethyl adjacent to an activating group) is 1. The number of carbonyl (C=O) groups excluding carboxylic acids is 1. The van der Waals surface area contributed by atoms with E-state index in [1.165, 1.54) is 4.90 Å². The van der Waals surface area contributed by atoms with Crippen molar-refractivity contribution >= 4 is 28.7 Å². The van der Waals surface area contributed by atoms with Crippen LogP contribution in [0.1, 0.15) is 39.6 Å². The Balaban J connectivity index is 2.61. The van der Waals surface area contributed by atoms with E-state index in [9.17, 15) is 9.90 Å². The van der Waals surface area contributed by atoms with Crippen LogP contribution in [0.25, 0.3) is 0 Å². The number of hydrogen-bond donors (Lipinski definition) is 1. The Morgan fingerprint density at radius 3 is 2.70 bits per heavy atom. The Labute approximate surface area is 133 Å². The van der Waals surface area contributed by atoms with Crippen LogP contribution >= 0.6 is 22.6 Å². The van der Waals surface area contributed by atoms with Gasteiger partial charge in [0.15, 0.2) is 0 Å². The quantitative estimate of drug-likeness (QED) is 0.796. The normalized spacial score (nSPS) is 13.2. The Morgan fingerprint density at radius 1 is 1.60 bits per heavy atom. The average molecular weight is 395 g/mol. The van der Waals surface area contributed by atoms with Crippen molar-refractivity contribution in [1.82, 2.24) is 14.7 Å². The lowest BCUT2D eigenvalue weighted by atomic mass is 10.2. The van der Waals surface area contributed by atoms with Gasteiger partial charge in [0.1, 0.15) is 15.5 Å². The van der Waals surface area contributed by atoms with Gasteiger partial charge in [-0.1, -0.05) is 0 Å². The third kappa shape index (κ3) is 5.28. The summed E-state index contributed by atoms with van der Waals surface area (Å²) in [6.45, 7) is 7.67. The molecule has 6 nitrogen and oxygen atoms in total. The van der Waals surface area contributed by atoms with E-state index < -0.39 is 11.8 Å². The molecule has 1 unspecified atom stereocenters. The Kier molecular flexibility index (Phi) is 5.81. The van der Waals surface area contributed by atoms with Crippen LogP contribution in [-0.2, 0) is 11.2 Å². The lowest BCUT2D eigenvalue weighted by Gasteiger charge is -2.24. The van der Waals surface area contributed by atoms with E-state index in [2.05, 4.69) is 27.7 Å². The second-order valence-corrected chi connectivity index (χ2v) is 6.79. The van der Waals surface area contributed by atoms with Crippen LogP contribution in [0.15, 0.2) is 6.07 Å². The Morgan fingerprint density at radius 2 is 2.20 bits per heavy atom. The third-order valence-electron chi connectivity index (χ3n) is 2.55. The van der Waals surface area contributed by atoms with Crippen molar-refractivity contribution in [2.24, 2.45) is 0 Å². The van der Waals surface area contributed by atoms with Gasteiger partial charge in [-0.15, -0.1) is 0 Å². The lowest BCUT2D eigenvalue weighted by molar-refractivity contribution is 0.0299. The fourth-order valence-corrected chi connectivity index (χ4v) is 2.22. The SMILES string of the molecule is CC(O)n1nc(I)cc1CCN(C)C(=O)OC(C)(C)C. The largest absolute Gasteiger partial charge is 0.444 e. The molecular weight excluding hydrogens is 373 g/mol. The lowest BCUT2D eigenvalue weighted by Crippen LogP contribution is -2.35. The molecule has 1 amide bonds. The van der Waals surface area contributed by atoms with E-state index in [0.717, 1.165) is 9.39 Å². The zero-order valence-corrected chi connectivity index (χ0v) is 14.7. The molecule has 0 aromatic carbocycles. The molecule has 114 valence electrons.